The Morgan fingerprint density at radius 1 is 0.786 bits per heavy atom. The van der Waals surface area contributed by atoms with Crippen molar-refractivity contribution < 1.29 is 40.5 Å². The molecule has 7 N–H and O–H groups in total. The molecule has 0 saturated carbocycles. The first-order chi connectivity index (χ1) is 19.8. The van der Waals surface area contributed by atoms with E-state index in [2.05, 4.69) is 20.8 Å². The lowest BCUT2D eigenvalue weighted by Crippen LogP contribution is -2.50. The van der Waals surface area contributed by atoms with Gasteiger partial charge in [0.15, 0.2) is 0 Å². The van der Waals surface area contributed by atoms with Gasteiger partial charge in [-0.25, -0.2) is 0 Å². The largest absolute Gasteiger partial charge is 0.512 e. The summed E-state index contributed by atoms with van der Waals surface area (Å²) in [7, 11) is 0. The van der Waals surface area contributed by atoms with Gasteiger partial charge in [0, 0.05) is 59.1 Å². The van der Waals surface area contributed by atoms with Crippen molar-refractivity contribution in [3.05, 3.63) is 94.0 Å². The maximum atomic E-state index is 11.1. The summed E-state index contributed by atoms with van der Waals surface area (Å²) < 4.78 is 6.55. The van der Waals surface area contributed by atoms with Crippen LogP contribution in [0.3, 0.4) is 0 Å². The van der Waals surface area contributed by atoms with E-state index in [0.717, 1.165) is 12.0 Å². The lowest BCUT2D eigenvalue weighted by atomic mass is 9.61. The van der Waals surface area contributed by atoms with Gasteiger partial charge in [-0.15, -0.1) is 0 Å². The maximum absolute atomic E-state index is 11.1. The number of benzene rings is 3. The van der Waals surface area contributed by atoms with Crippen LogP contribution in [0.15, 0.2) is 66.1 Å². The zero-order valence-electron chi connectivity index (χ0n) is 24.2. The van der Waals surface area contributed by atoms with Gasteiger partial charge < -0.3 is 40.5 Å². The highest BCUT2D eigenvalue weighted by molar-refractivity contribution is 5.56. The van der Waals surface area contributed by atoms with E-state index in [0.29, 0.717) is 40.8 Å². The number of aromatic hydroxyl groups is 5. The highest BCUT2D eigenvalue weighted by atomic mass is 16.5. The van der Waals surface area contributed by atoms with Crippen LogP contribution in [0, 0.1) is 11.8 Å². The molecular weight excluding hydrogens is 536 g/mol. The van der Waals surface area contributed by atoms with E-state index in [1.165, 1.54) is 24.3 Å². The number of fused-ring (bicyclic) bond motifs is 1. The second-order valence-electron chi connectivity index (χ2n) is 12.0. The fraction of sp³-hybridized carbons (Fsp3) is 0.353. The minimum atomic E-state index is -0.960. The Morgan fingerprint density at radius 2 is 1.45 bits per heavy atom. The number of hydrogen-bond donors (Lipinski definition) is 7. The molecule has 0 spiro atoms. The molecule has 0 fully saturated rings. The molecule has 8 nitrogen and oxygen atoms in total. The molecule has 1 aliphatic carbocycles. The number of rotatable bonds is 6. The second kappa shape index (κ2) is 10.4. The van der Waals surface area contributed by atoms with Gasteiger partial charge in [0.25, 0.3) is 0 Å². The fourth-order valence-electron chi connectivity index (χ4n) is 6.52. The van der Waals surface area contributed by atoms with E-state index in [4.69, 9.17) is 4.74 Å². The SMILES string of the molecule is CCC1(C)c2cc(Cc3cc(CC4CC=C(O)C=C4O)c(O)cc3O)c(O)cc2OC(C)(c2ccc(O)cc2O)C1C. The molecule has 42 heavy (non-hydrogen) atoms. The quantitative estimate of drug-likeness (QED) is 0.169. The van der Waals surface area contributed by atoms with E-state index < -0.39 is 11.0 Å². The molecule has 4 unspecified atom stereocenters. The van der Waals surface area contributed by atoms with E-state index in [1.54, 1.807) is 24.3 Å². The van der Waals surface area contributed by atoms with Gasteiger partial charge in [0.1, 0.15) is 45.9 Å². The molecule has 3 aromatic rings. The summed E-state index contributed by atoms with van der Waals surface area (Å²) in [6.07, 6.45) is 4.51. The maximum Gasteiger partial charge on any atom is 0.138 e. The Balaban J connectivity index is 1.51. The third-order valence-electron chi connectivity index (χ3n) is 9.60. The minimum Gasteiger partial charge on any atom is -0.512 e. The van der Waals surface area contributed by atoms with E-state index >= 15 is 0 Å². The fourth-order valence-corrected chi connectivity index (χ4v) is 6.52. The third-order valence-corrected chi connectivity index (χ3v) is 9.60. The van der Waals surface area contributed by atoms with Crippen LogP contribution in [0.5, 0.6) is 34.5 Å². The zero-order valence-corrected chi connectivity index (χ0v) is 24.2. The molecule has 2 aliphatic rings. The second-order valence-corrected chi connectivity index (χ2v) is 12.0. The molecule has 0 bridgehead atoms. The average Bonchev–Trinajstić information content (AvgIpc) is 2.92. The summed E-state index contributed by atoms with van der Waals surface area (Å²) in [5, 5.41) is 72.9. The molecule has 3 aromatic carbocycles. The van der Waals surface area contributed by atoms with Crippen LogP contribution in [-0.2, 0) is 23.9 Å². The molecule has 222 valence electrons. The number of hydrogen-bond acceptors (Lipinski definition) is 8. The topological polar surface area (TPSA) is 151 Å². The summed E-state index contributed by atoms with van der Waals surface area (Å²) in [5.41, 5.74) is 1.63. The summed E-state index contributed by atoms with van der Waals surface area (Å²) in [5.74, 6) is -0.314. The Bertz CT molecular complexity index is 1610. The van der Waals surface area contributed by atoms with Crippen LogP contribution in [0.4, 0.5) is 0 Å². The van der Waals surface area contributed by atoms with Gasteiger partial charge in [-0.2, -0.15) is 0 Å². The van der Waals surface area contributed by atoms with Gasteiger partial charge in [-0.1, -0.05) is 20.8 Å². The lowest BCUT2D eigenvalue weighted by Gasteiger charge is -2.51. The van der Waals surface area contributed by atoms with Crippen LogP contribution in [0.1, 0.15) is 68.4 Å². The first-order valence-electron chi connectivity index (χ1n) is 14.2. The van der Waals surface area contributed by atoms with Gasteiger partial charge in [0.2, 0.25) is 0 Å². The van der Waals surface area contributed by atoms with E-state index in [1.807, 2.05) is 13.0 Å². The molecular formula is C34H38O8. The molecule has 0 saturated heterocycles. The van der Waals surface area contributed by atoms with Crippen molar-refractivity contribution in [1.82, 2.24) is 0 Å². The average molecular weight is 575 g/mol. The van der Waals surface area contributed by atoms with Crippen LogP contribution in [0.25, 0.3) is 0 Å². The summed E-state index contributed by atoms with van der Waals surface area (Å²) in [6.45, 7) is 8.17. The molecule has 0 aromatic heterocycles. The van der Waals surface area contributed by atoms with Crippen molar-refractivity contribution in [1.29, 1.82) is 0 Å². The Kier molecular flexibility index (Phi) is 7.21. The molecule has 0 radical (unpaired) electrons. The van der Waals surface area contributed by atoms with Gasteiger partial charge in [0.05, 0.1) is 5.76 Å². The van der Waals surface area contributed by atoms with Crippen molar-refractivity contribution in [3.8, 4) is 34.5 Å². The first kappa shape index (κ1) is 29.0. The molecule has 1 heterocycles. The highest BCUT2D eigenvalue weighted by Crippen LogP contribution is 2.56. The van der Waals surface area contributed by atoms with Crippen molar-refractivity contribution in [2.24, 2.45) is 11.8 Å². The standard InChI is InChI=1S/C34H38O8/c1-5-33(3)18(2)34(4,25-9-8-24(36)15-31(25)41)42-32-17-30(40)22(13-26(32)33)12-21-11-20(28(38)16-29(21)39)10-19-6-7-23(35)14-27(19)37/h7-9,11,13-19,35-41H,5-6,10,12H2,1-4H3. The highest BCUT2D eigenvalue weighted by Gasteiger charge is 2.52. The number of phenolic OH excluding ortho intramolecular Hbond substituents is 5. The summed E-state index contributed by atoms with van der Waals surface area (Å²) in [4.78, 5) is 0. The van der Waals surface area contributed by atoms with Gasteiger partial charge in [-0.05, 0) is 73.2 Å². The van der Waals surface area contributed by atoms with Crippen molar-refractivity contribution in [2.45, 2.75) is 64.4 Å². The van der Waals surface area contributed by atoms with Crippen LogP contribution in [0.2, 0.25) is 0 Å². The molecule has 5 rings (SSSR count). The molecule has 8 heteroatoms. The third kappa shape index (κ3) is 4.85. The monoisotopic (exact) mass is 574 g/mol. The summed E-state index contributed by atoms with van der Waals surface area (Å²) in [6, 6.07) is 10.9. The van der Waals surface area contributed by atoms with Crippen molar-refractivity contribution in [3.63, 3.8) is 0 Å². The van der Waals surface area contributed by atoms with E-state index in [-0.39, 0.29) is 58.5 Å². The molecule has 0 amide bonds. The van der Waals surface area contributed by atoms with Crippen LogP contribution < -0.4 is 4.74 Å². The normalized spacial score (nSPS) is 25.2. The van der Waals surface area contributed by atoms with Crippen molar-refractivity contribution in [2.75, 3.05) is 0 Å². The first-order valence-corrected chi connectivity index (χ1v) is 14.2. The van der Waals surface area contributed by atoms with Gasteiger partial charge in [-0.3, -0.25) is 0 Å². The Morgan fingerprint density at radius 3 is 2.12 bits per heavy atom. The smallest absolute Gasteiger partial charge is 0.138 e. The predicted molar refractivity (Wildman–Crippen MR) is 158 cm³/mol. The minimum absolute atomic E-state index is 0.000175. The lowest BCUT2D eigenvalue weighted by molar-refractivity contribution is -0.0329. The van der Waals surface area contributed by atoms with Crippen LogP contribution >= 0.6 is 0 Å². The van der Waals surface area contributed by atoms with Gasteiger partial charge >= 0.3 is 0 Å². The number of allylic oxidation sites excluding steroid dienone is 3. The number of phenols is 5. The Hall–Kier alpha value is -4.46. The molecule has 1 aliphatic heterocycles. The van der Waals surface area contributed by atoms with E-state index in [9.17, 15) is 35.7 Å². The Labute approximate surface area is 245 Å². The van der Waals surface area contributed by atoms with Crippen LogP contribution in [-0.4, -0.2) is 35.7 Å². The number of ether oxygens (including phenoxy) is 1. The summed E-state index contributed by atoms with van der Waals surface area (Å²) >= 11 is 0. The number of aliphatic hydroxyl groups is 2. The predicted octanol–water partition coefficient (Wildman–Crippen LogP) is 6.86. The number of aliphatic hydroxyl groups excluding tert-OH is 2. The zero-order chi connectivity index (χ0) is 30.6. The van der Waals surface area contributed by atoms with Crippen molar-refractivity contribution >= 4 is 0 Å². The molecule has 4 atom stereocenters.